The number of aliphatic hydroxyl groups is 2. The van der Waals surface area contributed by atoms with Crippen LogP contribution in [0.15, 0.2) is 28.7 Å². The van der Waals surface area contributed by atoms with Crippen LogP contribution < -0.4 is 5.32 Å². The molecule has 0 heterocycles. The van der Waals surface area contributed by atoms with Crippen LogP contribution in [0.3, 0.4) is 0 Å². The molecule has 0 bridgehead atoms. The maximum atomic E-state index is 11.9. The molecule has 0 unspecified atom stereocenters. The Balaban J connectivity index is 2.55. The van der Waals surface area contributed by atoms with Crippen LogP contribution in [0.4, 0.5) is 0 Å². The molecule has 0 fully saturated rings. The first-order valence-corrected chi connectivity index (χ1v) is 6.91. The number of nitrogens with zero attached hydrogens (tertiary/aromatic N) is 1. The van der Waals surface area contributed by atoms with E-state index in [2.05, 4.69) is 21.2 Å². The van der Waals surface area contributed by atoms with Gasteiger partial charge in [-0.05, 0) is 28.1 Å². The molecule has 0 aliphatic carbocycles. The number of nitrogens with one attached hydrogen (secondary N) is 1. The summed E-state index contributed by atoms with van der Waals surface area (Å²) in [5.41, 5.74) is 0.441. The van der Waals surface area contributed by atoms with E-state index in [1.54, 1.807) is 24.3 Å². The summed E-state index contributed by atoms with van der Waals surface area (Å²) in [6, 6.07) is 6.89. The van der Waals surface area contributed by atoms with Gasteiger partial charge >= 0.3 is 0 Å². The van der Waals surface area contributed by atoms with Crippen molar-refractivity contribution in [2.45, 2.75) is 0 Å². The summed E-state index contributed by atoms with van der Waals surface area (Å²) < 4.78 is 0.646. The highest BCUT2D eigenvalue weighted by Gasteiger charge is 2.15. The minimum Gasteiger partial charge on any atom is -0.395 e. The first-order chi connectivity index (χ1) is 9.60. The lowest BCUT2D eigenvalue weighted by Gasteiger charge is -2.20. The van der Waals surface area contributed by atoms with Gasteiger partial charge in [0.05, 0.1) is 25.3 Å². The number of amides is 2. The van der Waals surface area contributed by atoms with Gasteiger partial charge in [0.1, 0.15) is 0 Å². The van der Waals surface area contributed by atoms with E-state index in [1.165, 1.54) is 4.90 Å². The molecule has 3 N–H and O–H groups in total. The highest BCUT2D eigenvalue weighted by Crippen LogP contribution is 2.15. The van der Waals surface area contributed by atoms with E-state index in [-0.39, 0.29) is 44.7 Å². The Labute approximate surface area is 125 Å². The molecule has 0 spiro atoms. The van der Waals surface area contributed by atoms with Crippen molar-refractivity contribution >= 4 is 27.7 Å². The van der Waals surface area contributed by atoms with Crippen molar-refractivity contribution < 1.29 is 19.8 Å². The van der Waals surface area contributed by atoms with Crippen molar-refractivity contribution in [3.05, 3.63) is 34.3 Å². The van der Waals surface area contributed by atoms with Crippen molar-refractivity contribution in [2.75, 3.05) is 32.8 Å². The second-order valence-corrected chi connectivity index (χ2v) is 4.84. The summed E-state index contributed by atoms with van der Waals surface area (Å²) in [5.74, 6) is -0.715. The van der Waals surface area contributed by atoms with Gasteiger partial charge in [0.2, 0.25) is 5.91 Å². The number of rotatable bonds is 7. The van der Waals surface area contributed by atoms with Crippen molar-refractivity contribution in [1.29, 1.82) is 0 Å². The quantitative estimate of drug-likeness (QED) is 0.649. The maximum absolute atomic E-state index is 11.9. The smallest absolute Gasteiger partial charge is 0.252 e. The molecule has 7 heteroatoms. The van der Waals surface area contributed by atoms with E-state index in [1.807, 2.05) is 0 Å². The van der Waals surface area contributed by atoms with Crippen LogP contribution in [0.25, 0.3) is 0 Å². The van der Waals surface area contributed by atoms with Crippen LogP contribution >= 0.6 is 15.9 Å². The summed E-state index contributed by atoms with van der Waals surface area (Å²) in [5, 5.41) is 20.2. The molecule has 1 aromatic carbocycles. The van der Waals surface area contributed by atoms with E-state index in [4.69, 9.17) is 10.2 Å². The fourth-order valence-corrected chi connectivity index (χ4v) is 2.08. The third-order valence-corrected chi connectivity index (χ3v) is 3.30. The van der Waals surface area contributed by atoms with Gasteiger partial charge in [0, 0.05) is 17.6 Å². The van der Waals surface area contributed by atoms with Gasteiger partial charge in [-0.2, -0.15) is 0 Å². The van der Waals surface area contributed by atoms with Gasteiger partial charge in [-0.15, -0.1) is 0 Å². The Kier molecular flexibility index (Phi) is 7.21. The van der Waals surface area contributed by atoms with E-state index < -0.39 is 0 Å². The Morgan fingerprint density at radius 2 is 1.75 bits per heavy atom. The molecular formula is C13H17BrN2O4. The van der Waals surface area contributed by atoms with Crippen LogP contribution in [0.2, 0.25) is 0 Å². The highest BCUT2D eigenvalue weighted by atomic mass is 79.9. The molecule has 110 valence electrons. The number of carbonyl (C=O) groups is 2. The zero-order valence-corrected chi connectivity index (χ0v) is 12.5. The van der Waals surface area contributed by atoms with Crippen LogP contribution in [0, 0.1) is 0 Å². The Morgan fingerprint density at radius 1 is 1.15 bits per heavy atom. The number of halogens is 1. The van der Waals surface area contributed by atoms with Crippen LogP contribution in [-0.4, -0.2) is 59.8 Å². The van der Waals surface area contributed by atoms with Crippen LogP contribution in [0.1, 0.15) is 10.4 Å². The number of hydrogen-bond donors (Lipinski definition) is 3. The second-order valence-electron chi connectivity index (χ2n) is 3.99. The summed E-state index contributed by atoms with van der Waals surface area (Å²) in [4.78, 5) is 25.0. The van der Waals surface area contributed by atoms with E-state index >= 15 is 0 Å². The number of carbonyl (C=O) groups excluding carboxylic acids is 2. The fraction of sp³-hybridized carbons (Fsp3) is 0.385. The molecule has 0 saturated carbocycles. The van der Waals surface area contributed by atoms with Crippen LogP contribution in [-0.2, 0) is 4.79 Å². The molecule has 0 radical (unpaired) electrons. The van der Waals surface area contributed by atoms with E-state index in [0.29, 0.717) is 10.0 Å². The Morgan fingerprint density at radius 3 is 2.30 bits per heavy atom. The molecule has 0 aromatic heterocycles. The predicted molar refractivity (Wildman–Crippen MR) is 77.2 cm³/mol. The van der Waals surface area contributed by atoms with Crippen molar-refractivity contribution in [1.82, 2.24) is 10.2 Å². The molecule has 0 saturated heterocycles. The van der Waals surface area contributed by atoms with Gasteiger partial charge in [-0.3, -0.25) is 9.59 Å². The fourth-order valence-electron chi connectivity index (χ4n) is 1.61. The summed E-state index contributed by atoms with van der Waals surface area (Å²) >= 11 is 3.26. The van der Waals surface area contributed by atoms with Gasteiger partial charge in [0.15, 0.2) is 0 Å². The molecular weight excluding hydrogens is 328 g/mol. The Hall–Kier alpha value is -1.44. The van der Waals surface area contributed by atoms with Gasteiger partial charge in [-0.1, -0.05) is 12.1 Å². The monoisotopic (exact) mass is 344 g/mol. The zero-order valence-electron chi connectivity index (χ0n) is 10.9. The number of hydrogen-bond acceptors (Lipinski definition) is 4. The van der Waals surface area contributed by atoms with Crippen molar-refractivity contribution in [3.63, 3.8) is 0 Å². The third kappa shape index (κ3) is 4.92. The van der Waals surface area contributed by atoms with Crippen molar-refractivity contribution in [3.8, 4) is 0 Å². The van der Waals surface area contributed by atoms with Gasteiger partial charge < -0.3 is 20.4 Å². The third-order valence-electron chi connectivity index (χ3n) is 2.61. The lowest BCUT2D eigenvalue weighted by atomic mass is 10.2. The highest BCUT2D eigenvalue weighted by molar-refractivity contribution is 9.10. The Bertz CT molecular complexity index is 461. The topological polar surface area (TPSA) is 89.9 Å². The standard InChI is InChI=1S/C13H17BrN2O4/c14-11-4-2-1-3-10(11)13(20)15-9-12(19)16(5-7-17)6-8-18/h1-4,17-18H,5-9H2,(H,15,20). The zero-order chi connectivity index (χ0) is 15.0. The lowest BCUT2D eigenvalue weighted by Crippen LogP contribution is -2.42. The van der Waals surface area contributed by atoms with Gasteiger partial charge in [-0.25, -0.2) is 0 Å². The summed E-state index contributed by atoms with van der Waals surface area (Å²) in [6.45, 7) is -0.303. The van der Waals surface area contributed by atoms with Crippen molar-refractivity contribution in [2.24, 2.45) is 0 Å². The van der Waals surface area contributed by atoms with E-state index in [0.717, 1.165) is 0 Å². The normalized spacial score (nSPS) is 10.2. The minimum atomic E-state index is -0.362. The maximum Gasteiger partial charge on any atom is 0.252 e. The summed E-state index contributed by atoms with van der Waals surface area (Å²) in [7, 11) is 0. The largest absolute Gasteiger partial charge is 0.395 e. The first kappa shape index (κ1) is 16.6. The van der Waals surface area contributed by atoms with Gasteiger partial charge in [0.25, 0.3) is 5.91 Å². The molecule has 1 aromatic rings. The molecule has 0 aliphatic heterocycles. The van der Waals surface area contributed by atoms with Crippen LogP contribution in [0.5, 0.6) is 0 Å². The first-order valence-electron chi connectivity index (χ1n) is 6.12. The minimum absolute atomic E-state index is 0.129. The average molecular weight is 345 g/mol. The predicted octanol–water partition coefficient (Wildman–Crippen LogP) is -0.00790. The molecule has 6 nitrogen and oxygen atoms in total. The molecule has 0 aliphatic rings. The molecule has 1 rings (SSSR count). The molecule has 20 heavy (non-hydrogen) atoms. The second kappa shape index (κ2) is 8.68. The molecule has 0 atom stereocenters. The average Bonchev–Trinajstić information content (AvgIpc) is 2.44. The number of aliphatic hydroxyl groups excluding tert-OH is 2. The SMILES string of the molecule is O=C(NCC(=O)N(CCO)CCO)c1ccccc1Br. The van der Waals surface area contributed by atoms with E-state index in [9.17, 15) is 9.59 Å². The molecule has 2 amide bonds. The lowest BCUT2D eigenvalue weighted by molar-refractivity contribution is -0.131. The number of benzene rings is 1. The summed E-state index contributed by atoms with van der Waals surface area (Å²) in [6.07, 6.45) is 0.